The van der Waals surface area contributed by atoms with E-state index in [1.165, 1.54) is 29.9 Å². The van der Waals surface area contributed by atoms with Crippen molar-refractivity contribution in [2.75, 3.05) is 11.4 Å². The topological polar surface area (TPSA) is 57.7 Å². The fourth-order valence-corrected chi connectivity index (χ4v) is 3.10. The Labute approximate surface area is 104 Å². The molecule has 2 aromatic heterocycles. The second-order valence-corrected chi connectivity index (χ2v) is 5.09. The SMILES string of the molecule is Cc1nsc(N2CCCCC2c2cn[nH]c2)n1. The van der Waals surface area contributed by atoms with Crippen LogP contribution in [0.2, 0.25) is 0 Å². The van der Waals surface area contributed by atoms with Crippen LogP contribution in [0.1, 0.15) is 36.7 Å². The third-order valence-corrected chi connectivity index (χ3v) is 4.01. The van der Waals surface area contributed by atoms with Crippen LogP contribution in [-0.2, 0) is 0 Å². The molecule has 2 aromatic rings. The molecule has 0 saturated carbocycles. The Hall–Kier alpha value is -1.43. The highest BCUT2D eigenvalue weighted by molar-refractivity contribution is 7.09. The molecule has 0 aromatic carbocycles. The van der Waals surface area contributed by atoms with E-state index in [0.717, 1.165) is 23.9 Å². The summed E-state index contributed by atoms with van der Waals surface area (Å²) in [7, 11) is 0. The Morgan fingerprint density at radius 1 is 1.47 bits per heavy atom. The van der Waals surface area contributed by atoms with Crippen LogP contribution in [0.3, 0.4) is 0 Å². The number of aromatic nitrogens is 4. The first-order chi connectivity index (χ1) is 8.34. The van der Waals surface area contributed by atoms with Gasteiger partial charge in [-0.2, -0.15) is 9.47 Å². The van der Waals surface area contributed by atoms with E-state index in [2.05, 4.69) is 24.5 Å². The third-order valence-electron chi connectivity index (χ3n) is 3.17. The van der Waals surface area contributed by atoms with Gasteiger partial charge >= 0.3 is 0 Å². The fourth-order valence-electron chi connectivity index (χ4n) is 2.35. The van der Waals surface area contributed by atoms with Crippen molar-refractivity contribution in [2.45, 2.75) is 32.2 Å². The van der Waals surface area contributed by atoms with E-state index < -0.39 is 0 Å². The summed E-state index contributed by atoms with van der Waals surface area (Å²) in [4.78, 5) is 6.86. The normalized spacial score (nSPS) is 20.8. The van der Waals surface area contributed by atoms with Gasteiger partial charge in [-0.05, 0) is 26.2 Å². The fraction of sp³-hybridized carbons (Fsp3) is 0.545. The average Bonchev–Trinajstić information content (AvgIpc) is 3.00. The van der Waals surface area contributed by atoms with Gasteiger partial charge in [0, 0.05) is 29.8 Å². The van der Waals surface area contributed by atoms with Crippen molar-refractivity contribution in [3.8, 4) is 0 Å². The molecule has 3 heterocycles. The van der Waals surface area contributed by atoms with Gasteiger partial charge < -0.3 is 4.90 Å². The number of piperidine rings is 1. The number of nitrogens with one attached hydrogen (secondary N) is 1. The Morgan fingerprint density at radius 2 is 2.41 bits per heavy atom. The molecule has 1 aliphatic heterocycles. The molecule has 1 atom stereocenters. The predicted octanol–water partition coefficient (Wildman–Crippen LogP) is 2.30. The molecule has 0 aliphatic carbocycles. The maximum absolute atomic E-state index is 4.50. The molecule has 1 aliphatic rings. The summed E-state index contributed by atoms with van der Waals surface area (Å²) in [6.07, 6.45) is 7.56. The molecule has 17 heavy (non-hydrogen) atoms. The van der Waals surface area contributed by atoms with Crippen molar-refractivity contribution < 1.29 is 0 Å². The highest BCUT2D eigenvalue weighted by atomic mass is 32.1. The lowest BCUT2D eigenvalue weighted by Crippen LogP contribution is -2.33. The van der Waals surface area contributed by atoms with Crippen molar-refractivity contribution >= 4 is 16.7 Å². The van der Waals surface area contributed by atoms with Crippen LogP contribution in [0.25, 0.3) is 0 Å². The minimum atomic E-state index is 0.398. The van der Waals surface area contributed by atoms with Gasteiger partial charge in [-0.15, -0.1) is 0 Å². The molecule has 1 unspecified atom stereocenters. The summed E-state index contributed by atoms with van der Waals surface area (Å²) in [5.74, 6) is 0.863. The summed E-state index contributed by atoms with van der Waals surface area (Å²) in [6, 6.07) is 0.398. The van der Waals surface area contributed by atoms with Crippen molar-refractivity contribution in [3.05, 3.63) is 23.8 Å². The van der Waals surface area contributed by atoms with Crippen LogP contribution < -0.4 is 4.90 Å². The zero-order chi connectivity index (χ0) is 11.7. The van der Waals surface area contributed by atoms with Crippen molar-refractivity contribution in [2.24, 2.45) is 0 Å². The molecule has 1 N–H and O–H groups in total. The van der Waals surface area contributed by atoms with Gasteiger partial charge in [0.05, 0.1) is 12.2 Å². The molecular weight excluding hydrogens is 234 g/mol. The number of nitrogens with zero attached hydrogens (tertiary/aromatic N) is 4. The van der Waals surface area contributed by atoms with E-state index in [1.54, 1.807) is 0 Å². The Bertz CT molecular complexity index is 478. The predicted molar refractivity (Wildman–Crippen MR) is 67.2 cm³/mol. The quantitative estimate of drug-likeness (QED) is 0.887. The summed E-state index contributed by atoms with van der Waals surface area (Å²) < 4.78 is 4.27. The molecule has 0 amide bonds. The molecule has 0 radical (unpaired) electrons. The third kappa shape index (κ3) is 2.04. The van der Waals surface area contributed by atoms with Gasteiger partial charge in [0.25, 0.3) is 0 Å². The number of rotatable bonds is 2. The first-order valence-electron chi connectivity index (χ1n) is 5.90. The van der Waals surface area contributed by atoms with Crippen LogP contribution in [0, 0.1) is 6.92 Å². The Balaban J connectivity index is 1.90. The first kappa shape index (κ1) is 10.7. The van der Waals surface area contributed by atoms with E-state index >= 15 is 0 Å². The van der Waals surface area contributed by atoms with E-state index in [-0.39, 0.29) is 0 Å². The zero-order valence-electron chi connectivity index (χ0n) is 9.76. The Morgan fingerprint density at radius 3 is 3.12 bits per heavy atom. The summed E-state index contributed by atoms with van der Waals surface area (Å²) in [5.41, 5.74) is 1.25. The van der Waals surface area contributed by atoms with Crippen LogP contribution in [0.4, 0.5) is 5.13 Å². The number of anilines is 1. The maximum Gasteiger partial charge on any atom is 0.205 e. The van der Waals surface area contributed by atoms with Gasteiger partial charge in [0.2, 0.25) is 5.13 Å². The second-order valence-electron chi connectivity index (χ2n) is 4.36. The van der Waals surface area contributed by atoms with E-state index in [1.807, 2.05) is 19.3 Å². The maximum atomic E-state index is 4.50. The summed E-state index contributed by atoms with van der Waals surface area (Å²) in [6.45, 7) is 3.00. The van der Waals surface area contributed by atoms with Gasteiger partial charge in [0.1, 0.15) is 5.82 Å². The lowest BCUT2D eigenvalue weighted by atomic mass is 9.98. The first-order valence-corrected chi connectivity index (χ1v) is 6.67. The van der Waals surface area contributed by atoms with Crippen molar-refractivity contribution in [1.82, 2.24) is 19.6 Å². The van der Waals surface area contributed by atoms with E-state index in [0.29, 0.717) is 6.04 Å². The minimum Gasteiger partial charge on any atom is -0.340 e. The van der Waals surface area contributed by atoms with Crippen LogP contribution in [0.5, 0.6) is 0 Å². The van der Waals surface area contributed by atoms with E-state index in [4.69, 9.17) is 0 Å². The second kappa shape index (κ2) is 4.44. The average molecular weight is 249 g/mol. The standard InChI is InChI=1S/C11H15N5S/c1-8-14-11(17-15-8)16-5-3-2-4-10(16)9-6-12-13-7-9/h6-7,10H,2-5H2,1H3,(H,12,13). The van der Waals surface area contributed by atoms with Crippen molar-refractivity contribution in [3.63, 3.8) is 0 Å². The van der Waals surface area contributed by atoms with Crippen molar-refractivity contribution in [1.29, 1.82) is 0 Å². The van der Waals surface area contributed by atoms with Crippen LogP contribution >= 0.6 is 11.5 Å². The molecule has 1 saturated heterocycles. The largest absolute Gasteiger partial charge is 0.340 e. The molecule has 0 spiro atoms. The number of hydrogen-bond donors (Lipinski definition) is 1. The zero-order valence-corrected chi connectivity index (χ0v) is 10.6. The molecule has 1 fully saturated rings. The minimum absolute atomic E-state index is 0.398. The number of H-pyrrole nitrogens is 1. The number of hydrogen-bond acceptors (Lipinski definition) is 5. The lowest BCUT2D eigenvalue weighted by molar-refractivity contribution is 0.472. The Kier molecular flexibility index (Phi) is 2.80. The van der Waals surface area contributed by atoms with Gasteiger partial charge in [-0.3, -0.25) is 5.10 Å². The van der Waals surface area contributed by atoms with Gasteiger partial charge in [-0.1, -0.05) is 0 Å². The number of aryl methyl sites for hydroxylation is 1. The summed E-state index contributed by atoms with van der Waals surface area (Å²) >= 11 is 1.49. The van der Waals surface area contributed by atoms with E-state index in [9.17, 15) is 0 Å². The molecule has 5 nitrogen and oxygen atoms in total. The molecule has 6 heteroatoms. The van der Waals surface area contributed by atoms with Gasteiger partial charge in [0.15, 0.2) is 0 Å². The smallest absolute Gasteiger partial charge is 0.205 e. The molecule has 90 valence electrons. The lowest BCUT2D eigenvalue weighted by Gasteiger charge is -2.34. The monoisotopic (exact) mass is 249 g/mol. The molecular formula is C11H15N5S. The molecule has 3 rings (SSSR count). The highest BCUT2D eigenvalue weighted by Gasteiger charge is 2.26. The summed E-state index contributed by atoms with van der Waals surface area (Å²) in [5, 5.41) is 7.98. The van der Waals surface area contributed by atoms with Crippen LogP contribution in [-0.4, -0.2) is 26.1 Å². The molecule has 0 bridgehead atoms. The number of aromatic amines is 1. The van der Waals surface area contributed by atoms with Crippen LogP contribution in [0.15, 0.2) is 12.4 Å². The highest BCUT2D eigenvalue weighted by Crippen LogP contribution is 2.35. The van der Waals surface area contributed by atoms with Gasteiger partial charge in [-0.25, -0.2) is 4.98 Å².